The summed E-state index contributed by atoms with van der Waals surface area (Å²) in [4.78, 5) is 37.3. The second-order valence-electron chi connectivity index (χ2n) is 7.52. The molecule has 4 rings (SSSR count). The number of hydrogen-bond acceptors (Lipinski definition) is 7. The molecule has 33 heavy (non-hydrogen) atoms. The Morgan fingerprint density at radius 2 is 1.73 bits per heavy atom. The maximum absolute atomic E-state index is 12.5. The minimum Gasteiger partial charge on any atom is -0.455 e. The van der Waals surface area contributed by atoms with E-state index >= 15 is 0 Å². The van der Waals surface area contributed by atoms with Gasteiger partial charge >= 0.3 is 5.97 Å². The summed E-state index contributed by atoms with van der Waals surface area (Å²) >= 11 is 7.47. The average molecular weight is 483 g/mol. The number of piperidine rings is 1. The molecule has 1 aromatic heterocycles. The van der Waals surface area contributed by atoms with Crippen LogP contribution < -0.4 is 10.2 Å². The minimum absolute atomic E-state index is 0.231. The predicted molar refractivity (Wildman–Crippen MR) is 129 cm³/mol. The van der Waals surface area contributed by atoms with Gasteiger partial charge in [0.15, 0.2) is 6.61 Å². The van der Waals surface area contributed by atoms with Gasteiger partial charge in [-0.2, -0.15) is 0 Å². The molecule has 0 saturated carbocycles. The van der Waals surface area contributed by atoms with Crippen LogP contribution in [0.3, 0.4) is 0 Å². The molecule has 3 aromatic rings. The van der Waals surface area contributed by atoms with E-state index in [1.807, 2.05) is 53.4 Å². The van der Waals surface area contributed by atoms with Crippen LogP contribution >= 0.6 is 23.4 Å². The Kier molecular flexibility index (Phi) is 7.80. The summed E-state index contributed by atoms with van der Waals surface area (Å²) in [6.45, 7) is 1.03. The lowest BCUT2D eigenvalue weighted by Crippen LogP contribution is -2.38. The SMILES string of the molecule is O=C(COC(=O)C1CCN(c2ncccn2)CC1)Nc1ccccc1Sc1ccc(Cl)cc1. The number of anilines is 2. The van der Waals surface area contributed by atoms with Crippen molar-refractivity contribution in [2.45, 2.75) is 22.6 Å². The van der Waals surface area contributed by atoms with Gasteiger partial charge in [-0.15, -0.1) is 0 Å². The van der Waals surface area contributed by atoms with Crippen LogP contribution in [0.25, 0.3) is 0 Å². The predicted octanol–water partition coefficient (Wildman–Crippen LogP) is 4.68. The van der Waals surface area contributed by atoms with Crippen molar-refractivity contribution in [3.8, 4) is 0 Å². The Morgan fingerprint density at radius 1 is 1.03 bits per heavy atom. The molecule has 1 aliphatic rings. The highest BCUT2D eigenvalue weighted by atomic mass is 35.5. The molecule has 1 N–H and O–H groups in total. The second kappa shape index (κ2) is 11.2. The lowest BCUT2D eigenvalue weighted by atomic mass is 9.97. The van der Waals surface area contributed by atoms with Crippen molar-refractivity contribution in [1.82, 2.24) is 9.97 Å². The molecular formula is C24H23ClN4O3S. The zero-order valence-electron chi connectivity index (χ0n) is 17.8. The number of ether oxygens (including phenoxy) is 1. The van der Waals surface area contributed by atoms with Gasteiger partial charge in [0.05, 0.1) is 11.6 Å². The molecule has 7 nitrogen and oxygen atoms in total. The molecule has 0 atom stereocenters. The number of carbonyl (C=O) groups is 2. The highest BCUT2D eigenvalue weighted by Gasteiger charge is 2.27. The number of amides is 1. The van der Waals surface area contributed by atoms with Crippen molar-refractivity contribution < 1.29 is 14.3 Å². The van der Waals surface area contributed by atoms with Crippen LogP contribution in [-0.4, -0.2) is 41.5 Å². The van der Waals surface area contributed by atoms with E-state index in [-0.39, 0.29) is 24.4 Å². The third-order valence-electron chi connectivity index (χ3n) is 5.21. The molecule has 0 radical (unpaired) electrons. The first-order valence-electron chi connectivity index (χ1n) is 10.6. The van der Waals surface area contributed by atoms with Gasteiger partial charge in [0, 0.05) is 40.3 Å². The van der Waals surface area contributed by atoms with Crippen LogP contribution in [0.15, 0.2) is 76.8 Å². The molecule has 0 bridgehead atoms. The second-order valence-corrected chi connectivity index (χ2v) is 9.07. The fourth-order valence-corrected chi connectivity index (χ4v) is 4.53. The number of benzene rings is 2. The molecule has 0 unspecified atom stereocenters. The quantitative estimate of drug-likeness (QED) is 0.489. The Bertz CT molecular complexity index is 1090. The largest absolute Gasteiger partial charge is 0.455 e. The summed E-state index contributed by atoms with van der Waals surface area (Å²) in [5, 5.41) is 3.51. The first-order valence-corrected chi connectivity index (χ1v) is 11.8. The first kappa shape index (κ1) is 23.1. The number of rotatable bonds is 7. The van der Waals surface area contributed by atoms with E-state index in [0.717, 1.165) is 9.79 Å². The molecule has 170 valence electrons. The van der Waals surface area contributed by atoms with Gasteiger partial charge in [-0.05, 0) is 55.3 Å². The molecule has 1 aliphatic heterocycles. The highest BCUT2D eigenvalue weighted by Crippen LogP contribution is 2.33. The molecule has 0 aliphatic carbocycles. The standard InChI is InChI=1S/C24H23ClN4O3S/c25-18-6-8-19(9-7-18)33-21-5-2-1-4-20(21)28-22(30)16-32-23(31)17-10-14-29(15-11-17)24-26-12-3-13-27-24/h1-9,12-13,17H,10-11,14-16H2,(H,28,30). The molecule has 1 saturated heterocycles. The van der Waals surface area contributed by atoms with Crippen LogP contribution in [-0.2, 0) is 14.3 Å². The van der Waals surface area contributed by atoms with Gasteiger partial charge in [0.25, 0.3) is 5.91 Å². The Balaban J connectivity index is 1.26. The summed E-state index contributed by atoms with van der Waals surface area (Å²) in [7, 11) is 0. The molecule has 9 heteroatoms. The number of hydrogen-bond donors (Lipinski definition) is 1. The van der Waals surface area contributed by atoms with Crippen molar-refractivity contribution in [2.24, 2.45) is 5.92 Å². The topological polar surface area (TPSA) is 84.4 Å². The summed E-state index contributed by atoms with van der Waals surface area (Å²) in [6.07, 6.45) is 4.68. The fourth-order valence-electron chi connectivity index (χ4n) is 3.50. The van der Waals surface area contributed by atoms with Crippen molar-refractivity contribution >= 4 is 46.9 Å². The van der Waals surface area contributed by atoms with E-state index in [2.05, 4.69) is 15.3 Å². The van der Waals surface area contributed by atoms with Crippen molar-refractivity contribution in [1.29, 1.82) is 0 Å². The smallest absolute Gasteiger partial charge is 0.309 e. The number of carbonyl (C=O) groups excluding carboxylic acids is 2. The van der Waals surface area contributed by atoms with E-state index in [1.54, 1.807) is 18.5 Å². The summed E-state index contributed by atoms with van der Waals surface area (Å²) in [5.74, 6) is -0.283. The zero-order valence-corrected chi connectivity index (χ0v) is 19.4. The van der Waals surface area contributed by atoms with Crippen LogP contribution in [0.2, 0.25) is 5.02 Å². The van der Waals surface area contributed by atoms with Gasteiger partial charge < -0.3 is 15.0 Å². The van der Waals surface area contributed by atoms with E-state index in [1.165, 1.54) is 11.8 Å². The third-order valence-corrected chi connectivity index (χ3v) is 6.55. The van der Waals surface area contributed by atoms with Gasteiger partial charge in [-0.3, -0.25) is 9.59 Å². The molecule has 1 fully saturated rings. The van der Waals surface area contributed by atoms with Gasteiger partial charge in [-0.25, -0.2) is 9.97 Å². The normalized spacial score (nSPS) is 14.0. The minimum atomic E-state index is -0.373. The zero-order chi connectivity index (χ0) is 23.0. The summed E-state index contributed by atoms with van der Waals surface area (Å²) in [5.41, 5.74) is 0.662. The molecule has 2 aromatic carbocycles. The molecule has 2 heterocycles. The Labute approximate surface area is 201 Å². The van der Waals surface area contributed by atoms with Crippen molar-refractivity contribution in [2.75, 3.05) is 29.9 Å². The number of aromatic nitrogens is 2. The maximum atomic E-state index is 12.5. The average Bonchev–Trinajstić information content (AvgIpc) is 2.86. The molecule has 1 amide bonds. The van der Waals surface area contributed by atoms with Crippen molar-refractivity contribution in [3.63, 3.8) is 0 Å². The lowest BCUT2D eigenvalue weighted by Gasteiger charge is -2.30. The molecule has 0 spiro atoms. The lowest BCUT2D eigenvalue weighted by molar-refractivity contribution is -0.152. The van der Waals surface area contributed by atoms with E-state index in [4.69, 9.17) is 16.3 Å². The fraction of sp³-hybridized carbons (Fsp3) is 0.250. The number of para-hydroxylation sites is 1. The number of nitrogens with one attached hydrogen (secondary N) is 1. The Morgan fingerprint density at radius 3 is 2.45 bits per heavy atom. The van der Waals surface area contributed by atoms with Gasteiger partial charge in [0.2, 0.25) is 5.95 Å². The number of halogens is 1. The Hall–Kier alpha value is -3.10. The number of nitrogens with zero attached hydrogens (tertiary/aromatic N) is 3. The van der Waals surface area contributed by atoms with Gasteiger partial charge in [0.1, 0.15) is 0 Å². The van der Waals surface area contributed by atoms with E-state index < -0.39 is 0 Å². The van der Waals surface area contributed by atoms with E-state index in [9.17, 15) is 9.59 Å². The van der Waals surface area contributed by atoms with E-state index in [0.29, 0.717) is 42.6 Å². The highest BCUT2D eigenvalue weighted by molar-refractivity contribution is 7.99. The maximum Gasteiger partial charge on any atom is 0.309 e. The van der Waals surface area contributed by atoms with Crippen molar-refractivity contribution in [3.05, 3.63) is 72.0 Å². The van der Waals surface area contributed by atoms with Crippen LogP contribution in [0.4, 0.5) is 11.6 Å². The first-order chi connectivity index (χ1) is 16.1. The number of esters is 1. The molecular weight excluding hydrogens is 460 g/mol. The van der Waals surface area contributed by atoms with Crippen LogP contribution in [0.1, 0.15) is 12.8 Å². The third kappa shape index (κ3) is 6.46. The monoisotopic (exact) mass is 482 g/mol. The van der Waals surface area contributed by atoms with Crippen LogP contribution in [0, 0.1) is 5.92 Å². The summed E-state index contributed by atoms with van der Waals surface area (Å²) in [6, 6.07) is 16.7. The van der Waals surface area contributed by atoms with Gasteiger partial charge in [-0.1, -0.05) is 35.5 Å². The van der Waals surface area contributed by atoms with Crippen LogP contribution in [0.5, 0.6) is 0 Å². The summed E-state index contributed by atoms with van der Waals surface area (Å²) < 4.78 is 5.31.